The maximum absolute atomic E-state index is 6.81. The maximum atomic E-state index is 6.81. The lowest BCUT2D eigenvalue weighted by Gasteiger charge is -2.43. The van der Waals surface area contributed by atoms with Gasteiger partial charge in [0, 0.05) is 0 Å². The topological polar surface area (TPSA) is 21.8 Å². The van der Waals surface area contributed by atoms with Gasteiger partial charge in [-0.25, -0.2) is 0 Å². The summed E-state index contributed by atoms with van der Waals surface area (Å²) in [6, 6.07) is 21.2. The smallest absolute Gasteiger partial charge is 0.261 e. The molecule has 2 aromatic rings. The molecule has 0 radical (unpaired) electrons. The molecule has 2 nitrogen and oxygen atoms in total. The Labute approximate surface area is 152 Å². The van der Waals surface area contributed by atoms with Crippen LogP contribution in [0.5, 0.6) is 0 Å². The van der Waals surface area contributed by atoms with E-state index in [1.54, 1.807) is 0 Å². The first-order chi connectivity index (χ1) is 11.8. The van der Waals surface area contributed by atoms with Crippen molar-refractivity contribution in [1.29, 1.82) is 0 Å². The Bertz CT molecular complexity index is 719. The minimum atomic E-state index is -2.50. The van der Waals surface area contributed by atoms with Crippen LogP contribution in [0.3, 0.4) is 0 Å². The molecule has 0 bridgehead atoms. The van der Waals surface area contributed by atoms with Crippen LogP contribution >= 0.6 is 0 Å². The van der Waals surface area contributed by atoms with E-state index in [0.29, 0.717) is 6.61 Å². The fourth-order valence-corrected chi connectivity index (χ4v) is 8.10. The van der Waals surface area contributed by atoms with Crippen LogP contribution in [0.25, 0.3) is 0 Å². The van der Waals surface area contributed by atoms with E-state index in [2.05, 4.69) is 87.4 Å². The van der Waals surface area contributed by atoms with Crippen molar-refractivity contribution in [2.75, 3.05) is 6.61 Å². The Morgan fingerprint density at radius 1 is 1.04 bits per heavy atom. The van der Waals surface area contributed by atoms with Gasteiger partial charge in [-0.3, -0.25) is 0 Å². The van der Waals surface area contributed by atoms with Crippen LogP contribution in [0.15, 0.2) is 60.7 Å². The molecular weight excluding hydrogens is 324 g/mol. The van der Waals surface area contributed by atoms with Gasteiger partial charge in [0.2, 0.25) is 0 Å². The second-order valence-corrected chi connectivity index (χ2v) is 12.1. The first kappa shape index (κ1) is 17.9. The van der Waals surface area contributed by atoms with Gasteiger partial charge in [0.05, 0.1) is 6.61 Å². The number of rotatable bonds is 5. The number of ether oxygens (including phenoxy) is 1. The van der Waals surface area contributed by atoms with E-state index >= 15 is 0 Å². The number of benzene rings is 2. The molecule has 2 atom stereocenters. The number of hydrogen-bond acceptors (Lipinski definition) is 2. The number of epoxide rings is 1. The van der Waals surface area contributed by atoms with Crippen molar-refractivity contribution < 1.29 is 9.16 Å². The Morgan fingerprint density at radius 2 is 1.52 bits per heavy atom. The van der Waals surface area contributed by atoms with Gasteiger partial charge < -0.3 is 9.16 Å². The summed E-state index contributed by atoms with van der Waals surface area (Å²) in [5.41, 5.74) is -0.481. The van der Waals surface area contributed by atoms with Gasteiger partial charge in [-0.05, 0) is 22.3 Å². The van der Waals surface area contributed by atoms with Gasteiger partial charge >= 0.3 is 0 Å². The van der Waals surface area contributed by atoms with Crippen molar-refractivity contribution in [1.82, 2.24) is 0 Å². The molecular formula is C22H26O2Si. The molecule has 0 N–H and O–H groups in total. The number of terminal acetylenes is 1. The Kier molecular flexibility index (Phi) is 4.63. The molecule has 1 fully saturated rings. The van der Waals surface area contributed by atoms with E-state index in [9.17, 15) is 0 Å². The van der Waals surface area contributed by atoms with E-state index in [4.69, 9.17) is 15.6 Å². The molecule has 130 valence electrons. The molecule has 1 aliphatic rings. The summed E-state index contributed by atoms with van der Waals surface area (Å²) < 4.78 is 12.5. The third-order valence-electron chi connectivity index (χ3n) is 5.10. The lowest BCUT2D eigenvalue weighted by Crippen LogP contribution is -2.66. The first-order valence-electron chi connectivity index (χ1n) is 8.74. The normalized spacial score (nSPS) is 23.1. The predicted octanol–water partition coefficient (Wildman–Crippen LogP) is 3.35. The average molecular weight is 351 g/mol. The van der Waals surface area contributed by atoms with E-state index in [0.717, 1.165) is 0 Å². The summed E-state index contributed by atoms with van der Waals surface area (Å²) >= 11 is 0. The minimum Gasteiger partial charge on any atom is -0.405 e. The van der Waals surface area contributed by atoms with Crippen LogP contribution in [0.2, 0.25) is 5.04 Å². The van der Waals surface area contributed by atoms with Crippen LogP contribution in [0.1, 0.15) is 27.7 Å². The molecule has 0 aliphatic carbocycles. The fourth-order valence-electron chi connectivity index (χ4n) is 3.54. The van der Waals surface area contributed by atoms with Gasteiger partial charge in [0.25, 0.3) is 8.32 Å². The lowest BCUT2D eigenvalue weighted by molar-refractivity contribution is 0.246. The first-order valence-corrected chi connectivity index (χ1v) is 10.6. The zero-order valence-corrected chi connectivity index (χ0v) is 16.5. The van der Waals surface area contributed by atoms with Gasteiger partial charge in [0.1, 0.15) is 6.10 Å². The molecule has 0 unspecified atom stereocenters. The highest BCUT2D eigenvalue weighted by Gasteiger charge is 2.55. The molecule has 2 aromatic carbocycles. The summed E-state index contributed by atoms with van der Waals surface area (Å²) in [4.78, 5) is 0. The summed E-state index contributed by atoms with van der Waals surface area (Å²) in [7, 11) is -2.50. The summed E-state index contributed by atoms with van der Waals surface area (Å²) in [6.07, 6.45) is 5.56. The summed E-state index contributed by atoms with van der Waals surface area (Å²) in [6.45, 7) is 9.29. The Morgan fingerprint density at radius 3 is 1.88 bits per heavy atom. The lowest BCUT2D eigenvalue weighted by atomic mass is 10.1. The van der Waals surface area contributed by atoms with Crippen molar-refractivity contribution in [2.24, 2.45) is 0 Å². The maximum Gasteiger partial charge on any atom is 0.261 e. The van der Waals surface area contributed by atoms with Crippen LogP contribution in [0, 0.1) is 12.3 Å². The summed E-state index contributed by atoms with van der Waals surface area (Å²) in [5, 5.41) is 2.52. The third-order valence-corrected chi connectivity index (χ3v) is 10.1. The van der Waals surface area contributed by atoms with Crippen LogP contribution < -0.4 is 10.4 Å². The van der Waals surface area contributed by atoms with Crippen LogP contribution in [-0.4, -0.2) is 26.6 Å². The highest BCUT2D eigenvalue weighted by molar-refractivity contribution is 6.99. The largest absolute Gasteiger partial charge is 0.405 e. The van der Waals surface area contributed by atoms with Gasteiger partial charge in [-0.1, -0.05) is 87.4 Å². The van der Waals surface area contributed by atoms with Gasteiger partial charge in [-0.15, -0.1) is 6.42 Å². The molecule has 0 aromatic heterocycles. The molecule has 1 heterocycles. The van der Waals surface area contributed by atoms with Crippen molar-refractivity contribution in [3.8, 4) is 12.3 Å². The Balaban J connectivity index is 2.05. The van der Waals surface area contributed by atoms with E-state index < -0.39 is 13.9 Å². The zero-order chi connectivity index (χ0) is 18.1. The van der Waals surface area contributed by atoms with Gasteiger partial charge in [0.15, 0.2) is 5.60 Å². The van der Waals surface area contributed by atoms with Crippen molar-refractivity contribution in [2.45, 2.75) is 44.4 Å². The second-order valence-electron chi connectivity index (χ2n) is 7.83. The molecule has 1 aliphatic heterocycles. The van der Waals surface area contributed by atoms with E-state index in [1.165, 1.54) is 10.4 Å². The molecule has 25 heavy (non-hydrogen) atoms. The second kappa shape index (κ2) is 6.46. The number of hydrogen-bond donors (Lipinski definition) is 0. The van der Waals surface area contributed by atoms with Crippen LogP contribution in [-0.2, 0) is 9.16 Å². The monoisotopic (exact) mass is 350 g/mol. The minimum absolute atomic E-state index is 0.0286. The molecule has 1 saturated heterocycles. The Hall–Kier alpha value is -1.86. The quantitative estimate of drug-likeness (QED) is 0.469. The highest BCUT2D eigenvalue weighted by Crippen LogP contribution is 2.40. The molecule has 3 rings (SSSR count). The van der Waals surface area contributed by atoms with Crippen molar-refractivity contribution in [3.05, 3.63) is 60.7 Å². The predicted molar refractivity (Wildman–Crippen MR) is 106 cm³/mol. The molecule has 0 saturated carbocycles. The fraction of sp³-hybridized carbons (Fsp3) is 0.364. The molecule has 3 heteroatoms. The SMILES string of the molecule is C#C[C@]1(C)O[C@H]1CO[Si](c1ccccc1)(c1ccccc1)C(C)(C)C. The highest BCUT2D eigenvalue weighted by atomic mass is 28.4. The van der Waals surface area contributed by atoms with Crippen molar-refractivity contribution in [3.63, 3.8) is 0 Å². The molecule has 0 spiro atoms. The zero-order valence-electron chi connectivity index (χ0n) is 15.5. The average Bonchev–Trinajstić information content (AvgIpc) is 3.27. The van der Waals surface area contributed by atoms with Crippen molar-refractivity contribution >= 4 is 18.7 Å². The summed E-state index contributed by atoms with van der Waals surface area (Å²) in [5.74, 6) is 2.73. The van der Waals surface area contributed by atoms with Gasteiger partial charge in [-0.2, -0.15) is 0 Å². The van der Waals surface area contributed by atoms with E-state index in [-0.39, 0.29) is 11.1 Å². The van der Waals surface area contributed by atoms with Crippen LogP contribution in [0.4, 0.5) is 0 Å². The molecule has 0 amide bonds. The van der Waals surface area contributed by atoms with E-state index in [1.807, 2.05) is 6.92 Å². The standard InChI is InChI=1S/C22H26O2Si/c1-6-22(5)20(24-22)17-23-25(21(2,3)4,18-13-9-7-10-14-18)19-15-11-8-12-16-19/h1,7-16,20H,17H2,2-5H3/t20-,22-/m0/s1. The third kappa shape index (κ3) is 3.18.